The Hall–Kier alpha value is -7.22. The van der Waals surface area contributed by atoms with E-state index in [0.29, 0.717) is 0 Å². The number of fused-ring (bicyclic) bond motifs is 13. The largest absolute Gasteiger partial charge is 0.310 e. The summed E-state index contributed by atoms with van der Waals surface area (Å²) in [6.07, 6.45) is 0. The van der Waals surface area contributed by atoms with Crippen LogP contribution in [-0.4, -0.2) is 0 Å². The molecule has 3 aliphatic rings. The highest BCUT2D eigenvalue weighted by molar-refractivity contribution is 5.97. The molecule has 12 rings (SSSR count). The Kier molecular flexibility index (Phi) is 7.26. The van der Waals surface area contributed by atoms with Crippen LogP contribution in [0.3, 0.4) is 0 Å². The average Bonchev–Trinajstić information content (AvgIpc) is 3.85. The molecule has 0 atom stereocenters. The molecule has 0 saturated heterocycles. The summed E-state index contributed by atoms with van der Waals surface area (Å²) in [5, 5.41) is 0. The summed E-state index contributed by atoms with van der Waals surface area (Å²) in [5.74, 6) is 0. The van der Waals surface area contributed by atoms with Gasteiger partial charge in [-0.15, -0.1) is 0 Å². The van der Waals surface area contributed by atoms with Gasteiger partial charge in [-0.2, -0.15) is 0 Å². The third kappa shape index (κ3) is 4.79. The van der Waals surface area contributed by atoms with Gasteiger partial charge in [-0.25, -0.2) is 0 Å². The summed E-state index contributed by atoms with van der Waals surface area (Å²) in [7, 11) is 0. The van der Waals surface area contributed by atoms with Crippen LogP contribution in [0.15, 0.2) is 212 Å². The Morgan fingerprint density at radius 3 is 1.32 bits per heavy atom. The number of nitrogens with zero attached hydrogens (tertiary/aromatic N) is 1. The average molecular weight is 752 g/mol. The van der Waals surface area contributed by atoms with Crippen molar-refractivity contribution in [1.82, 2.24) is 0 Å². The molecular weight excluding hydrogens is 711 g/mol. The van der Waals surface area contributed by atoms with Crippen molar-refractivity contribution in [2.24, 2.45) is 0 Å². The number of hydrogen-bond acceptors (Lipinski definition) is 1. The van der Waals surface area contributed by atoms with Crippen molar-refractivity contribution < 1.29 is 0 Å². The molecule has 1 nitrogen and oxygen atoms in total. The van der Waals surface area contributed by atoms with Crippen LogP contribution >= 0.6 is 0 Å². The van der Waals surface area contributed by atoms with E-state index in [1.165, 1.54) is 89.0 Å². The maximum Gasteiger partial charge on any atom is 0.0725 e. The first-order valence-electron chi connectivity index (χ1n) is 20.8. The third-order valence-corrected chi connectivity index (χ3v) is 13.5. The van der Waals surface area contributed by atoms with E-state index in [1.54, 1.807) is 0 Å². The molecule has 59 heavy (non-hydrogen) atoms. The van der Waals surface area contributed by atoms with Crippen LogP contribution in [0.1, 0.15) is 47.2 Å². The number of hydrogen-bond donors (Lipinski definition) is 0. The molecule has 0 saturated carbocycles. The molecule has 3 aliphatic carbocycles. The van der Waals surface area contributed by atoms with Crippen LogP contribution in [0.4, 0.5) is 17.1 Å². The van der Waals surface area contributed by atoms with Gasteiger partial charge in [0.2, 0.25) is 0 Å². The third-order valence-electron chi connectivity index (χ3n) is 13.5. The van der Waals surface area contributed by atoms with Crippen molar-refractivity contribution in [2.45, 2.75) is 24.7 Å². The van der Waals surface area contributed by atoms with E-state index in [0.717, 1.165) is 17.1 Å². The molecule has 0 aromatic heterocycles. The van der Waals surface area contributed by atoms with Gasteiger partial charge in [0.25, 0.3) is 0 Å². The summed E-state index contributed by atoms with van der Waals surface area (Å²) < 4.78 is 0. The summed E-state index contributed by atoms with van der Waals surface area (Å²) in [5.41, 5.74) is 23.9. The molecule has 0 aliphatic heterocycles. The Morgan fingerprint density at radius 1 is 0.271 bits per heavy atom. The highest BCUT2D eigenvalue weighted by atomic mass is 15.1. The smallest absolute Gasteiger partial charge is 0.0725 e. The van der Waals surface area contributed by atoms with Gasteiger partial charge < -0.3 is 4.90 Å². The first-order valence-corrected chi connectivity index (χ1v) is 20.8. The highest BCUT2D eigenvalue weighted by Gasteiger charge is 2.51. The predicted molar refractivity (Wildman–Crippen MR) is 246 cm³/mol. The fourth-order valence-electron chi connectivity index (χ4n) is 10.8. The van der Waals surface area contributed by atoms with Crippen molar-refractivity contribution in [3.05, 3.63) is 246 Å². The molecule has 0 amide bonds. The van der Waals surface area contributed by atoms with Crippen molar-refractivity contribution in [3.8, 4) is 55.6 Å². The van der Waals surface area contributed by atoms with Crippen LogP contribution in [0, 0.1) is 0 Å². The number of rotatable bonds is 5. The lowest BCUT2D eigenvalue weighted by atomic mass is 9.70. The Bertz CT molecular complexity index is 3090. The van der Waals surface area contributed by atoms with E-state index in [4.69, 9.17) is 0 Å². The maximum absolute atomic E-state index is 2.47. The fraction of sp³-hybridized carbons (Fsp3) is 0.0690. The van der Waals surface area contributed by atoms with Gasteiger partial charge in [0.1, 0.15) is 0 Å². The lowest BCUT2D eigenvalue weighted by Gasteiger charge is -2.31. The lowest BCUT2D eigenvalue weighted by Crippen LogP contribution is -2.25. The van der Waals surface area contributed by atoms with Crippen molar-refractivity contribution in [1.29, 1.82) is 0 Å². The minimum atomic E-state index is -0.373. The van der Waals surface area contributed by atoms with Crippen LogP contribution in [0.5, 0.6) is 0 Å². The molecule has 0 bridgehead atoms. The van der Waals surface area contributed by atoms with E-state index in [9.17, 15) is 0 Å². The Morgan fingerprint density at radius 2 is 0.695 bits per heavy atom. The number of benzene rings is 9. The molecule has 278 valence electrons. The lowest BCUT2D eigenvalue weighted by molar-refractivity contribution is 0.660. The molecule has 0 N–H and O–H groups in total. The van der Waals surface area contributed by atoms with Crippen LogP contribution in [0.2, 0.25) is 0 Å². The van der Waals surface area contributed by atoms with E-state index < -0.39 is 0 Å². The zero-order valence-corrected chi connectivity index (χ0v) is 33.2. The second kappa shape index (κ2) is 12.6. The second-order valence-electron chi connectivity index (χ2n) is 16.8. The highest BCUT2D eigenvalue weighted by Crippen LogP contribution is 2.63. The summed E-state index contributed by atoms with van der Waals surface area (Å²) in [6, 6.07) is 79.1. The van der Waals surface area contributed by atoms with E-state index >= 15 is 0 Å². The van der Waals surface area contributed by atoms with E-state index in [2.05, 4.69) is 231 Å². The summed E-state index contributed by atoms with van der Waals surface area (Å²) in [4.78, 5) is 2.47. The van der Waals surface area contributed by atoms with Gasteiger partial charge in [0.15, 0.2) is 0 Å². The zero-order valence-electron chi connectivity index (χ0n) is 33.2. The van der Waals surface area contributed by atoms with Gasteiger partial charge in [-0.3, -0.25) is 0 Å². The van der Waals surface area contributed by atoms with Crippen molar-refractivity contribution in [3.63, 3.8) is 0 Å². The molecule has 0 radical (unpaired) electrons. The molecule has 1 spiro atoms. The fourth-order valence-corrected chi connectivity index (χ4v) is 10.8. The Labute approximate surface area is 346 Å². The zero-order chi connectivity index (χ0) is 39.3. The van der Waals surface area contributed by atoms with Gasteiger partial charge >= 0.3 is 0 Å². The topological polar surface area (TPSA) is 3.24 Å². The normalized spacial score (nSPS) is 14.2. The SMILES string of the molecule is CC1(C)c2ccccc2-c2ccc(N(c3ccc(-c4cccc(-c5ccccc5)c4)cc3)c3ccc4c(c3)-c3ccccc3C43c4ccccc4-c4ccccc43)cc21. The van der Waals surface area contributed by atoms with E-state index in [-0.39, 0.29) is 10.8 Å². The van der Waals surface area contributed by atoms with Gasteiger partial charge in [0.05, 0.1) is 5.41 Å². The first-order chi connectivity index (χ1) is 29.0. The molecule has 9 aromatic rings. The molecule has 9 aromatic carbocycles. The summed E-state index contributed by atoms with van der Waals surface area (Å²) >= 11 is 0. The van der Waals surface area contributed by atoms with Gasteiger partial charge in [0, 0.05) is 22.5 Å². The minimum Gasteiger partial charge on any atom is -0.310 e. The first kappa shape index (κ1) is 33.9. The molecule has 0 unspecified atom stereocenters. The van der Waals surface area contributed by atoms with Crippen LogP contribution in [-0.2, 0) is 10.8 Å². The van der Waals surface area contributed by atoms with Crippen LogP contribution < -0.4 is 4.90 Å². The summed E-state index contributed by atoms with van der Waals surface area (Å²) in [6.45, 7) is 4.74. The molecule has 0 fully saturated rings. The van der Waals surface area contributed by atoms with Crippen molar-refractivity contribution >= 4 is 17.1 Å². The molecule has 0 heterocycles. The van der Waals surface area contributed by atoms with Gasteiger partial charge in [-0.05, 0) is 131 Å². The van der Waals surface area contributed by atoms with Crippen molar-refractivity contribution in [2.75, 3.05) is 4.90 Å². The molecular formula is C58H41N. The maximum atomic E-state index is 2.47. The van der Waals surface area contributed by atoms with E-state index in [1.807, 2.05) is 0 Å². The number of anilines is 3. The monoisotopic (exact) mass is 751 g/mol. The van der Waals surface area contributed by atoms with Crippen LogP contribution in [0.25, 0.3) is 55.6 Å². The molecule has 1 heteroatoms. The Balaban J connectivity index is 1.04. The van der Waals surface area contributed by atoms with Gasteiger partial charge in [-0.1, -0.05) is 184 Å². The minimum absolute atomic E-state index is 0.117. The second-order valence-corrected chi connectivity index (χ2v) is 16.8. The standard InChI is InChI=1S/C58H41N/c1-57(2)51-23-10-6-19-45(51)49-33-31-44(37-56(49)57)59(42-29-27-39(28-30-42)41-18-14-17-40(35-41)38-15-4-3-5-16-38)43-32-34-55-50(36-43)48-22-9-13-26-54(48)58(55)52-24-11-7-20-46(52)47-21-8-12-25-53(47)58/h3-37H,1-2H3. The predicted octanol–water partition coefficient (Wildman–Crippen LogP) is 15.1. The quantitative estimate of drug-likeness (QED) is 0.169.